The summed E-state index contributed by atoms with van der Waals surface area (Å²) in [5, 5.41) is 6.84. The summed E-state index contributed by atoms with van der Waals surface area (Å²) in [5.74, 6) is -0.292. The standard InChI is InChI=1S/C11H7BrF3N5S/c12-6-1-3-7(4-2-6)16-8-5-21-10-18-17-9(11(13,14)15)20(10)19-8/h1-4H,5H2,(H,16,19). The third-order valence-corrected chi connectivity index (χ3v) is 4.03. The van der Waals surface area contributed by atoms with Gasteiger partial charge in [-0.3, -0.25) is 5.43 Å². The van der Waals surface area contributed by atoms with Gasteiger partial charge in [0.1, 0.15) is 5.84 Å². The number of hydrogen-bond donors (Lipinski definition) is 1. The van der Waals surface area contributed by atoms with E-state index in [1.807, 2.05) is 0 Å². The molecule has 0 saturated carbocycles. The molecule has 0 saturated heterocycles. The van der Waals surface area contributed by atoms with Gasteiger partial charge < -0.3 is 0 Å². The number of halogens is 4. The van der Waals surface area contributed by atoms with E-state index in [0.29, 0.717) is 17.3 Å². The maximum absolute atomic E-state index is 12.8. The van der Waals surface area contributed by atoms with Crippen LogP contribution in [0.1, 0.15) is 5.82 Å². The summed E-state index contributed by atoms with van der Waals surface area (Å²) < 4.78 is 40.1. The third kappa shape index (κ3) is 3.05. The van der Waals surface area contributed by atoms with Gasteiger partial charge in [-0.15, -0.1) is 10.2 Å². The number of aromatic nitrogens is 3. The molecule has 2 aromatic rings. The summed E-state index contributed by atoms with van der Waals surface area (Å²) in [5.41, 5.74) is 3.25. The lowest BCUT2D eigenvalue weighted by atomic mass is 10.3. The molecule has 0 fully saturated rings. The van der Waals surface area contributed by atoms with Crippen LogP contribution in [0.3, 0.4) is 0 Å². The minimum atomic E-state index is -4.57. The molecular formula is C11H7BrF3N5S. The Bertz CT molecular complexity index is 695. The third-order valence-electron chi connectivity index (χ3n) is 2.56. The number of benzene rings is 1. The number of rotatable bonds is 1. The number of amidine groups is 1. The van der Waals surface area contributed by atoms with E-state index < -0.39 is 12.0 Å². The van der Waals surface area contributed by atoms with Crippen LogP contribution >= 0.6 is 27.7 Å². The van der Waals surface area contributed by atoms with Gasteiger partial charge in [0, 0.05) is 4.47 Å². The molecule has 0 aliphatic carbocycles. The first-order chi connectivity index (χ1) is 9.93. The number of aliphatic imine (C=N–C) groups is 1. The minimum Gasteiger partial charge on any atom is -0.276 e. The van der Waals surface area contributed by atoms with Crippen LogP contribution in [-0.2, 0) is 6.18 Å². The molecule has 1 aromatic carbocycles. The van der Waals surface area contributed by atoms with Crippen LogP contribution in [0.25, 0.3) is 0 Å². The van der Waals surface area contributed by atoms with Gasteiger partial charge in [-0.05, 0) is 24.3 Å². The quantitative estimate of drug-likeness (QED) is 0.826. The highest BCUT2D eigenvalue weighted by atomic mass is 79.9. The van der Waals surface area contributed by atoms with Crippen molar-refractivity contribution in [2.24, 2.45) is 4.99 Å². The summed E-state index contributed by atoms with van der Waals surface area (Å²) in [6.07, 6.45) is -4.57. The zero-order valence-corrected chi connectivity index (χ0v) is 12.6. The molecular weight excluding hydrogens is 371 g/mol. The summed E-state index contributed by atoms with van der Waals surface area (Å²) in [7, 11) is 0. The van der Waals surface area contributed by atoms with E-state index in [2.05, 4.69) is 36.5 Å². The summed E-state index contributed by atoms with van der Waals surface area (Å²) >= 11 is 4.45. The fourth-order valence-corrected chi connectivity index (χ4v) is 2.69. The first-order valence-electron chi connectivity index (χ1n) is 5.69. The highest BCUT2D eigenvalue weighted by Gasteiger charge is 2.40. The van der Waals surface area contributed by atoms with Gasteiger partial charge >= 0.3 is 6.18 Å². The molecule has 0 radical (unpaired) electrons. The maximum Gasteiger partial charge on any atom is 0.453 e. The lowest BCUT2D eigenvalue weighted by Gasteiger charge is -2.19. The van der Waals surface area contributed by atoms with Gasteiger partial charge in [-0.25, -0.2) is 9.67 Å². The smallest absolute Gasteiger partial charge is 0.276 e. The molecule has 1 aliphatic heterocycles. The van der Waals surface area contributed by atoms with Gasteiger partial charge in [0.05, 0.1) is 11.4 Å². The number of hydrogen-bond acceptors (Lipinski definition) is 4. The lowest BCUT2D eigenvalue weighted by Crippen LogP contribution is -2.33. The molecule has 1 aliphatic rings. The first-order valence-corrected chi connectivity index (χ1v) is 7.47. The summed E-state index contributed by atoms with van der Waals surface area (Å²) in [6, 6.07) is 7.13. The zero-order chi connectivity index (χ0) is 15.0. The molecule has 1 aromatic heterocycles. The molecule has 0 atom stereocenters. The zero-order valence-electron chi connectivity index (χ0n) is 10.2. The Hall–Kier alpha value is -1.55. The summed E-state index contributed by atoms with van der Waals surface area (Å²) in [6.45, 7) is 0. The molecule has 0 unspecified atom stereocenters. The van der Waals surface area contributed by atoms with Crippen molar-refractivity contribution in [1.82, 2.24) is 14.9 Å². The van der Waals surface area contributed by atoms with Crippen LogP contribution in [-0.4, -0.2) is 26.5 Å². The average molecular weight is 378 g/mol. The lowest BCUT2D eigenvalue weighted by molar-refractivity contribution is -0.146. The second-order valence-corrected chi connectivity index (χ2v) is 5.93. The van der Waals surface area contributed by atoms with E-state index in [0.717, 1.165) is 20.9 Å². The van der Waals surface area contributed by atoms with E-state index in [1.165, 1.54) is 0 Å². The number of nitrogens with one attached hydrogen (secondary N) is 1. The van der Waals surface area contributed by atoms with E-state index in [1.54, 1.807) is 24.3 Å². The van der Waals surface area contributed by atoms with Crippen LogP contribution in [0.15, 0.2) is 38.9 Å². The Balaban J connectivity index is 1.90. The first kappa shape index (κ1) is 14.4. The number of thioether (sulfide) groups is 1. The molecule has 21 heavy (non-hydrogen) atoms. The monoisotopic (exact) mass is 377 g/mol. The van der Waals surface area contributed by atoms with Crippen molar-refractivity contribution in [3.63, 3.8) is 0 Å². The highest BCUT2D eigenvalue weighted by Crippen LogP contribution is 2.31. The van der Waals surface area contributed by atoms with Crippen molar-refractivity contribution < 1.29 is 13.2 Å². The Labute approximate surface area is 129 Å². The molecule has 0 bridgehead atoms. The average Bonchev–Trinajstić information content (AvgIpc) is 2.84. The molecule has 3 rings (SSSR count). The number of alkyl halides is 3. The van der Waals surface area contributed by atoms with Crippen molar-refractivity contribution in [2.45, 2.75) is 11.3 Å². The van der Waals surface area contributed by atoms with Crippen molar-refractivity contribution in [3.05, 3.63) is 34.6 Å². The van der Waals surface area contributed by atoms with E-state index >= 15 is 0 Å². The predicted molar refractivity (Wildman–Crippen MR) is 76.3 cm³/mol. The van der Waals surface area contributed by atoms with Crippen LogP contribution in [0, 0.1) is 0 Å². The van der Waals surface area contributed by atoms with E-state index in [9.17, 15) is 13.2 Å². The molecule has 1 N–H and O–H groups in total. The van der Waals surface area contributed by atoms with E-state index in [-0.39, 0.29) is 5.16 Å². The van der Waals surface area contributed by atoms with Gasteiger partial charge in [-0.2, -0.15) is 13.2 Å². The second kappa shape index (κ2) is 5.34. The minimum absolute atomic E-state index is 0.164. The predicted octanol–water partition coefficient (Wildman–Crippen LogP) is 3.44. The van der Waals surface area contributed by atoms with Crippen molar-refractivity contribution in [2.75, 3.05) is 11.2 Å². The Morgan fingerprint density at radius 2 is 1.95 bits per heavy atom. The molecule has 5 nitrogen and oxygen atoms in total. The molecule has 10 heteroatoms. The number of fused-ring (bicyclic) bond motifs is 1. The SMILES string of the molecule is FC(F)(F)c1nnc2n1NC(=Nc1ccc(Br)cc1)CS2. The molecule has 110 valence electrons. The molecule has 0 spiro atoms. The van der Waals surface area contributed by atoms with Gasteiger partial charge in [-0.1, -0.05) is 27.7 Å². The largest absolute Gasteiger partial charge is 0.453 e. The Morgan fingerprint density at radius 3 is 2.62 bits per heavy atom. The van der Waals surface area contributed by atoms with Gasteiger partial charge in [0.15, 0.2) is 0 Å². The van der Waals surface area contributed by atoms with Crippen LogP contribution in [0.2, 0.25) is 0 Å². The van der Waals surface area contributed by atoms with Crippen LogP contribution in [0.5, 0.6) is 0 Å². The van der Waals surface area contributed by atoms with Crippen molar-refractivity contribution in [1.29, 1.82) is 0 Å². The second-order valence-electron chi connectivity index (χ2n) is 4.07. The summed E-state index contributed by atoms with van der Waals surface area (Å²) in [4.78, 5) is 4.28. The fraction of sp³-hybridized carbons (Fsp3) is 0.182. The Morgan fingerprint density at radius 1 is 1.24 bits per heavy atom. The van der Waals surface area contributed by atoms with Crippen molar-refractivity contribution in [3.8, 4) is 0 Å². The number of nitrogens with zero attached hydrogens (tertiary/aromatic N) is 4. The fourth-order valence-electron chi connectivity index (χ4n) is 1.67. The molecule has 2 heterocycles. The van der Waals surface area contributed by atoms with Gasteiger partial charge in [0.2, 0.25) is 5.16 Å². The highest BCUT2D eigenvalue weighted by molar-refractivity contribution is 9.10. The van der Waals surface area contributed by atoms with Crippen LogP contribution < -0.4 is 5.43 Å². The van der Waals surface area contributed by atoms with Crippen molar-refractivity contribution >= 4 is 39.2 Å². The normalized spacial score (nSPS) is 16.7. The Kier molecular flexibility index (Phi) is 3.66. The van der Waals surface area contributed by atoms with Gasteiger partial charge in [0.25, 0.3) is 5.82 Å². The maximum atomic E-state index is 12.8. The topological polar surface area (TPSA) is 55.1 Å². The molecule has 0 amide bonds. The van der Waals surface area contributed by atoms with E-state index in [4.69, 9.17) is 0 Å². The van der Waals surface area contributed by atoms with Crippen LogP contribution in [0.4, 0.5) is 18.9 Å².